The van der Waals surface area contributed by atoms with E-state index in [0.717, 1.165) is 6.07 Å². The number of carboxylic acid groups (broad SMARTS) is 1. The molecule has 0 saturated carbocycles. The molecule has 2 aromatic heterocycles. The van der Waals surface area contributed by atoms with Crippen LogP contribution in [0.1, 0.15) is 46.9 Å². The summed E-state index contributed by atoms with van der Waals surface area (Å²) < 4.78 is 86.5. The zero-order chi connectivity index (χ0) is 28.4. The Morgan fingerprint density at radius 1 is 1.08 bits per heavy atom. The Morgan fingerprint density at radius 2 is 1.74 bits per heavy atom. The van der Waals surface area contributed by atoms with Gasteiger partial charge in [0, 0.05) is 19.0 Å². The van der Waals surface area contributed by atoms with Crippen LogP contribution in [-0.4, -0.2) is 45.0 Å². The van der Waals surface area contributed by atoms with Crippen LogP contribution in [0.15, 0.2) is 24.3 Å². The fourth-order valence-corrected chi connectivity index (χ4v) is 3.83. The second kappa shape index (κ2) is 10.8. The Balaban J connectivity index is 1.87. The van der Waals surface area contributed by atoms with Crippen molar-refractivity contribution in [1.29, 1.82) is 0 Å². The van der Waals surface area contributed by atoms with E-state index in [4.69, 9.17) is 9.84 Å². The molecule has 0 saturated heterocycles. The van der Waals surface area contributed by atoms with Gasteiger partial charge in [-0.2, -0.15) is 22.8 Å². The van der Waals surface area contributed by atoms with Crippen LogP contribution in [0.4, 0.5) is 31.1 Å². The number of fused-ring (bicyclic) bond motifs is 1. The van der Waals surface area contributed by atoms with Crippen LogP contribution in [-0.2, 0) is 6.61 Å². The van der Waals surface area contributed by atoms with Gasteiger partial charge in [-0.25, -0.2) is 18.0 Å². The monoisotopic (exact) mass is 546 g/mol. The fourth-order valence-electron chi connectivity index (χ4n) is 3.83. The summed E-state index contributed by atoms with van der Waals surface area (Å²) in [6.07, 6.45) is -7.99. The van der Waals surface area contributed by atoms with E-state index >= 15 is 0 Å². The lowest BCUT2D eigenvalue weighted by Gasteiger charge is -2.30. The normalized spacial score (nSPS) is 13.3. The molecule has 0 radical (unpaired) electrons. The predicted molar refractivity (Wildman–Crippen MR) is 123 cm³/mol. The second-order valence-corrected chi connectivity index (χ2v) is 9.03. The van der Waals surface area contributed by atoms with Crippen molar-refractivity contribution in [2.24, 2.45) is 0 Å². The first-order valence-corrected chi connectivity index (χ1v) is 11.2. The molecule has 1 unspecified atom stereocenters. The van der Waals surface area contributed by atoms with E-state index in [1.807, 2.05) is 5.32 Å². The van der Waals surface area contributed by atoms with Gasteiger partial charge in [-0.3, -0.25) is 4.79 Å². The first kappa shape index (κ1) is 28.6. The summed E-state index contributed by atoms with van der Waals surface area (Å²) in [5.74, 6) is -4.45. The summed E-state index contributed by atoms with van der Waals surface area (Å²) in [5.41, 5.74) is -1.30. The standard InChI is InChI=1S/C24H24F6N4O4/c1-12-8-17-19(21(35)31-11-23(3,32-22(36)37)6-7-24(28,29)30)13(2)33-34(17)18(9-12)38-10-14-15(25)4-5-16(26)20(14)27/h4-5,8-9,32H,6-7,10-11H2,1-3H3,(H,31,35)(H,36,37). The molecule has 1 atom stereocenters. The van der Waals surface area contributed by atoms with Crippen molar-refractivity contribution in [2.75, 3.05) is 6.54 Å². The molecule has 14 heteroatoms. The maximum Gasteiger partial charge on any atom is 0.405 e. The topological polar surface area (TPSA) is 105 Å². The Hall–Kier alpha value is -3.97. The van der Waals surface area contributed by atoms with Crippen LogP contribution in [0.5, 0.6) is 5.88 Å². The SMILES string of the molecule is Cc1cc(OCc2c(F)ccc(F)c2F)n2nc(C)c(C(=O)NCC(C)(CCC(F)(F)F)NC(=O)O)c2c1. The Bertz CT molecular complexity index is 1370. The van der Waals surface area contributed by atoms with Crippen LogP contribution in [0.25, 0.3) is 5.52 Å². The lowest BCUT2D eigenvalue weighted by atomic mass is 9.95. The third kappa shape index (κ3) is 6.66. The molecular weight excluding hydrogens is 522 g/mol. The van der Waals surface area contributed by atoms with Crippen molar-refractivity contribution in [1.82, 2.24) is 20.2 Å². The number of rotatable bonds is 9. The second-order valence-electron chi connectivity index (χ2n) is 9.03. The number of aromatic nitrogens is 2. The Kier molecular flexibility index (Phi) is 8.12. The van der Waals surface area contributed by atoms with Gasteiger partial charge >= 0.3 is 12.3 Å². The molecule has 8 nitrogen and oxygen atoms in total. The third-order valence-electron chi connectivity index (χ3n) is 5.76. The van der Waals surface area contributed by atoms with Crippen molar-refractivity contribution in [3.63, 3.8) is 0 Å². The van der Waals surface area contributed by atoms with Crippen molar-refractivity contribution in [3.05, 3.63) is 64.1 Å². The molecule has 0 aliphatic carbocycles. The van der Waals surface area contributed by atoms with Gasteiger partial charge in [0.1, 0.15) is 12.4 Å². The van der Waals surface area contributed by atoms with Gasteiger partial charge < -0.3 is 20.5 Å². The smallest absolute Gasteiger partial charge is 0.405 e. The van der Waals surface area contributed by atoms with Crippen LogP contribution in [0.2, 0.25) is 0 Å². The van der Waals surface area contributed by atoms with Gasteiger partial charge in [0.2, 0.25) is 5.88 Å². The minimum atomic E-state index is -4.53. The number of nitrogens with zero attached hydrogens (tertiary/aromatic N) is 2. The number of alkyl halides is 3. The van der Waals surface area contributed by atoms with E-state index in [-0.39, 0.29) is 22.7 Å². The van der Waals surface area contributed by atoms with Gasteiger partial charge in [-0.05, 0) is 51.0 Å². The number of carbonyl (C=O) groups is 2. The van der Waals surface area contributed by atoms with Gasteiger partial charge in [-0.15, -0.1) is 0 Å². The molecule has 3 N–H and O–H groups in total. The van der Waals surface area contributed by atoms with E-state index in [0.29, 0.717) is 11.6 Å². The molecule has 2 amide bonds. The lowest BCUT2D eigenvalue weighted by molar-refractivity contribution is -0.138. The highest BCUT2D eigenvalue weighted by atomic mass is 19.4. The third-order valence-corrected chi connectivity index (χ3v) is 5.76. The number of nitrogens with one attached hydrogen (secondary N) is 2. The zero-order valence-corrected chi connectivity index (χ0v) is 20.5. The molecule has 0 fully saturated rings. The maximum absolute atomic E-state index is 14.0. The number of amides is 2. The van der Waals surface area contributed by atoms with E-state index in [1.54, 1.807) is 13.0 Å². The van der Waals surface area contributed by atoms with Crippen LogP contribution in [0, 0.1) is 31.3 Å². The first-order chi connectivity index (χ1) is 17.6. The molecule has 3 rings (SSSR count). The van der Waals surface area contributed by atoms with Crippen molar-refractivity contribution < 1.29 is 45.8 Å². The minimum absolute atomic E-state index is 0.0206. The highest BCUT2D eigenvalue weighted by Gasteiger charge is 2.35. The molecule has 206 valence electrons. The van der Waals surface area contributed by atoms with Gasteiger partial charge in [0.05, 0.1) is 27.9 Å². The lowest BCUT2D eigenvalue weighted by Crippen LogP contribution is -2.53. The number of hydrogen-bond acceptors (Lipinski definition) is 4. The Morgan fingerprint density at radius 3 is 2.37 bits per heavy atom. The first-order valence-electron chi connectivity index (χ1n) is 11.2. The van der Waals surface area contributed by atoms with Crippen molar-refractivity contribution in [3.8, 4) is 5.88 Å². The van der Waals surface area contributed by atoms with Gasteiger partial charge in [-0.1, -0.05) is 0 Å². The average molecular weight is 546 g/mol. The number of aryl methyl sites for hydroxylation is 2. The fraction of sp³-hybridized carbons (Fsp3) is 0.375. The summed E-state index contributed by atoms with van der Waals surface area (Å²) in [7, 11) is 0. The van der Waals surface area contributed by atoms with Crippen molar-refractivity contribution >= 4 is 17.5 Å². The summed E-state index contributed by atoms with van der Waals surface area (Å²) >= 11 is 0. The van der Waals surface area contributed by atoms with Crippen LogP contribution >= 0.6 is 0 Å². The number of carbonyl (C=O) groups excluding carboxylic acids is 1. The van der Waals surface area contributed by atoms with Gasteiger partial charge in [0.15, 0.2) is 11.6 Å². The summed E-state index contributed by atoms with van der Waals surface area (Å²) in [6, 6.07) is 4.43. The Labute approximate surface area is 212 Å². The number of pyridine rings is 1. The minimum Gasteiger partial charge on any atom is -0.473 e. The quantitative estimate of drug-likeness (QED) is 0.258. The van der Waals surface area contributed by atoms with E-state index < -0.39 is 72.7 Å². The molecule has 38 heavy (non-hydrogen) atoms. The molecule has 1 aromatic carbocycles. The zero-order valence-electron chi connectivity index (χ0n) is 20.5. The van der Waals surface area contributed by atoms with E-state index in [2.05, 4.69) is 10.4 Å². The summed E-state index contributed by atoms with van der Waals surface area (Å²) in [4.78, 5) is 24.2. The highest BCUT2D eigenvalue weighted by Crippen LogP contribution is 2.27. The molecule has 2 heterocycles. The molecule has 0 bridgehead atoms. The average Bonchev–Trinajstić information content (AvgIpc) is 3.13. The number of ether oxygens (including phenoxy) is 1. The molecule has 0 aliphatic heterocycles. The number of hydrogen-bond donors (Lipinski definition) is 3. The number of halogens is 6. The van der Waals surface area contributed by atoms with Crippen molar-refractivity contribution in [2.45, 2.75) is 51.9 Å². The predicted octanol–water partition coefficient (Wildman–Crippen LogP) is 5.05. The van der Waals surface area contributed by atoms with Gasteiger partial charge in [0.25, 0.3) is 5.91 Å². The largest absolute Gasteiger partial charge is 0.473 e. The molecule has 0 spiro atoms. The highest BCUT2D eigenvalue weighted by molar-refractivity contribution is 6.02. The summed E-state index contributed by atoms with van der Waals surface area (Å²) in [6.45, 7) is 3.21. The molecular formula is C24H24F6N4O4. The maximum atomic E-state index is 14.0. The van der Waals surface area contributed by atoms with Crippen LogP contribution < -0.4 is 15.4 Å². The van der Waals surface area contributed by atoms with Crippen LogP contribution in [0.3, 0.4) is 0 Å². The molecule has 0 aliphatic rings. The summed E-state index contributed by atoms with van der Waals surface area (Å²) in [5, 5.41) is 17.7. The van der Waals surface area contributed by atoms with E-state index in [1.165, 1.54) is 24.4 Å². The molecule has 3 aromatic rings. The number of benzene rings is 1. The van der Waals surface area contributed by atoms with E-state index in [9.17, 15) is 35.9 Å².